The van der Waals surface area contributed by atoms with Crippen LogP contribution in [0.1, 0.15) is 36.3 Å². The van der Waals surface area contributed by atoms with Crippen molar-refractivity contribution in [3.8, 4) is 0 Å². The molecule has 0 radical (unpaired) electrons. The molecule has 0 bridgehead atoms. The van der Waals surface area contributed by atoms with Crippen LogP contribution in [0.4, 0.5) is 0 Å². The Labute approximate surface area is 91.9 Å². The third kappa shape index (κ3) is 1.59. The van der Waals surface area contributed by atoms with E-state index < -0.39 is 0 Å². The van der Waals surface area contributed by atoms with Crippen molar-refractivity contribution in [2.45, 2.75) is 32.1 Å². The van der Waals surface area contributed by atoms with Gasteiger partial charge >= 0.3 is 0 Å². The van der Waals surface area contributed by atoms with Gasteiger partial charge in [0.1, 0.15) is 0 Å². The summed E-state index contributed by atoms with van der Waals surface area (Å²) in [5.74, 6) is 0.839. The minimum atomic E-state index is 0.632. The molecule has 2 atom stereocenters. The molecule has 1 nitrogen and oxygen atoms in total. The van der Waals surface area contributed by atoms with Crippen molar-refractivity contribution in [2.75, 3.05) is 13.1 Å². The van der Waals surface area contributed by atoms with Crippen molar-refractivity contribution >= 4 is 0 Å². The summed E-state index contributed by atoms with van der Waals surface area (Å²) in [7, 11) is 0. The number of aryl methyl sites for hydroxylation is 1. The lowest BCUT2D eigenvalue weighted by Gasteiger charge is -2.23. The lowest BCUT2D eigenvalue weighted by molar-refractivity contribution is 0.347. The van der Waals surface area contributed by atoms with Crippen LogP contribution in [0.5, 0.6) is 0 Å². The summed E-state index contributed by atoms with van der Waals surface area (Å²) in [5.41, 5.74) is 3.56. The number of rotatable bonds is 1. The largest absolute Gasteiger partial charge is 0.316 e. The number of hydrogen-bond donors (Lipinski definition) is 1. The van der Waals surface area contributed by atoms with Gasteiger partial charge in [-0.25, -0.2) is 0 Å². The van der Waals surface area contributed by atoms with Crippen molar-refractivity contribution in [3.05, 3.63) is 35.4 Å². The predicted molar refractivity (Wildman–Crippen MR) is 63.1 cm³/mol. The molecule has 1 heterocycles. The molecule has 2 fully saturated rings. The van der Waals surface area contributed by atoms with Crippen molar-refractivity contribution in [2.24, 2.45) is 5.41 Å². The van der Waals surface area contributed by atoms with E-state index in [2.05, 4.69) is 36.5 Å². The fourth-order valence-corrected chi connectivity index (χ4v) is 3.08. The first kappa shape index (κ1) is 9.41. The molecule has 1 N–H and O–H groups in total. The highest BCUT2D eigenvalue weighted by molar-refractivity contribution is 5.32. The van der Waals surface area contributed by atoms with E-state index in [1.807, 2.05) is 0 Å². The highest BCUT2D eigenvalue weighted by Gasteiger charge is 2.54. The standard InChI is InChI=1S/C14H19N/c1-11-3-5-12(6-4-11)13-9-14(13)7-2-8-15-10-14/h3-6,13,15H,2,7-10H2,1H3/t13?,14-/m1/s1. The molecule has 80 valence electrons. The molecule has 1 aromatic rings. The van der Waals surface area contributed by atoms with Crippen molar-refractivity contribution in [1.82, 2.24) is 5.32 Å². The van der Waals surface area contributed by atoms with Crippen molar-refractivity contribution < 1.29 is 0 Å². The van der Waals surface area contributed by atoms with Crippen molar-refractivity contribution in [1.29, 1.82) is 0 Å². The number of hydrogen-bond acceptors (Lipinski definition) is 1. The number of nitrogens with one attached hydrogen (secondary N) is 1. The number of piperidine rings is 1. The summed E-state index contributed by atoms with van der Waals surface area (Å²) in [6.07, 6.45) is 4.20. The molecular weight excluding hydrogens is 182 g/mol. The fourth-order valence-electron chi connectivity index (χ4n) is 3.08. The van der Waals surface area contributed by atoms with Crippen LogP contribution in [0.15, 0.2) is 24.3 Å². The smallest absolute Gasteiger partial charge is 0.00139 e. The molecule has 1 aliphatic heterocycles. The van der Waals surface area contributed by atoms with E-state index >= 15 is 0 Å². The maximum Gasteiger partial charge on any atom is 0.00139 e. The average Bonchev–Trinajstić information content (AvgIpc) is 2.94. The third-order valence-corrected chi connectivity index (χ3v) is 4.17. The van der Waals surface area contributed by atoms with Gasteiger partial charge in [-0.1, -0.05) is 29.8 Å². The third-order valence-electron chi connectivity index (χ3n) is 4.17. The molecule has 0 amide bonds. The Morgan fingerprint density at radius 2 is 2.07 bits per heavy atom. The molecule has 1 spiro atoms. The topological polar surface area (TPSA) is 12.0 Å². The summed E-state index contributed by atoms with van der Waals surface area (Å²) in [6.45, 7) is 4.63. The summed E-state index contributed by atoms with van der Waals surface area (Å²) in [6, 6.07) is 9.14. The Morgan fingerprint density at radius 3 is 2.73 bits per heavy atom. The van der Waals surface area contributed by atoms with Gasteiger partial charge in [0, 0.05) is 6.54 Å². The molecule has 1 aliphatic carbocycles. The molecule has 15 heavy (non-hydrogen) atoms. The van der Waals surface area contributed by atoms with Gasteiger partial charge in [-0.3, -0.25) is 0 Å². The van der Waals surface area contributed by atoms with Crippen LogP contribution in [0.25, 0.3) is 0 Å². The summed E-state index contributed by atoms with van der Waals surface area (Å²) in [4.78, 5) is 0. The average molecular weight is 201 g/mol. The first-order valence-corrected chi connectivity index (χ1v) is 6.07. The van der Waals surface area contributed by atoms with Crippen LogP contribution in [0.3, 0.4) is 0 Å². The first-order valence-electron chi connectivity index (χ1n) is 6.07. The van der Waals surface area contributed by atoms with E-state index in [1.165, 1.54) is 37.9 Å². The minimum Gasteiger partial charge on any atom is -0.316 e. The summed E-state index contributed by atoms with van der Waals surface area (Å²) >= 11 is 0. The van der Waals surface area contributed by atoms with Gasteiger partial charge in [0.05, 0.1) is 0 Å². The van der Waals surface area contributed by atoms with E-state index in [-0.39, 0.29) is 0 Å². The second kappa shape index (κ2) is 3.34. The highest BCUT2D eigenvalue weighted by atomic mass is 14.9. The summed E-state index contributed by atoms with van der Waals surface area (Å²) in [5, 5.41) is 3.55. The van der Waals surface area contributed by atoms with Gasteiger partial charge in [0.15, 0.2) is 0 Å². The maximum atomic E-state index is 3.55. The normalized spacial score (nSPS) is 34.3. The van der Waals surface area contributed by atoms with Crippen LogP contribution >= 0.6 is 0 Å². The molecule has 2 aliphatic rings. The molecule has 1 saturated carbocycles. The zero-order valence-electron chi connectivity index (χ0n) is 9.42. The molecule has 1 aromatic carbocycles. The van der Waals surface area contributed by atoms with Crippen molar-refractivity contribution in [3.63, 3.8) is 0 Å². The monoisotopic (exact) mass is 201 g/mol. The lowest BCUT2D eigenvalue weighted by Crippen LogP contribution is -2.31. The van der Waals surface area contributed by atoms with E-state index in [9.17, 15) is 0 Å². The van der Waals surface area contributed by atoms with Crippen LogP contribution in [0, 0.1) is 12.3 Å². The van der Waals surface area contributed by atoms with E-state index in [0.717, 1.165) is 5.92 Å². The Kier molecular flexibility index (Phi) is 2.10. The maximum absolute atomic E-state index is 3.55. The van der Waals surface area contributed by atoms with Crippen LogP contribution in [-0.2, 0) is 0 Å². The van der Waals surface area contributed by atoms with Gasteiger partial charge in [-0.2, -0.15) is 0 Å². The van der Waals surface area contributed by atoms with Crippen LogP contribution in [0.2, 0.25) is 0 Å². The Bertz CT molecular complexity index is 346. The lowest BCUT2D eigenvalue weighted by atomic mass is 9.91. The summed E-state index contributed by atoms with van der Waals surface area (Å²) < 4.78 is 0. The molecule has 0 aromatic heterocycles. The molecule has 1 unspecified atom stereocenters. The van der Waals surface area contributed by atoms with E-state index in [1.54, 1.807) is 5.56 Å². The zero-order chi connectivity index (χ0) is 10.3. The first-order chi connectivity index (χ1) is 7.30. The van der Waals surface area contributed by atoms with Gasteiger partial charge in [-0.15, -0.1) is 0 Å². The van der Waals surface area contributed by atoms with Crippen LogP contribution < -0.4 is 5.32 Å². The van der Waals surface area contributed by atoms with Gasteiger partial charge < -0.3 is 5.32 Å². The SMILES string of the molecule is Cc1ccc(C2C[C@@]23CCCNC3)cc1. The molecule has 1 heteroatoms. The zero-order valence-corrected chi connectivity index (χ0v) is 9.42. The second-order valence-electron chi connectivity index (χ2n) is 5.31. The van der Waals surface area contributed by atoms with E-state index in [4.69, 9.17) is 0 Å². The Hall–Kier alpha value is -0.820. The van der Waals surface area contributed by atoms with Crippen LogP contribution in [-0.4, -0.2) is 13.1 Å². The Balaban J connectivity index is 1.77. The van der Waals surface area contributed by atoms with Gasteiger partial charge in [0.25, 0.3) is 0 Å². The van der Waals surface area contributed by atoms with Gasteiger partial charge in [0.2, 0.25) is 0 Å². The molecule has 3 rings (SSSR count). The Morgan fingerprint density at radius 1 is 1.27 bits per heavy atom. The molecular formula is C14H19N. The quantitative estimate of drug-likeness (QED) is 0.736. The highest BCUT2D eigenvalue weighted by Crippen LogP contribution is 2.62. The number of benzene rings is 1. The van der Waals surface area contributed by atoms with Gasteiger partial charge in [-0.05, 0) is 49.6 Å². The molecule has 1 saturated heterocycles. The van der Waals surface area contributed by atoms with E-state index in [0.29, 0.717) is 5.41 Å². The minimum absolute atomic E-state index is 0.632. The predicted octanol–water partition coefficient (Wildman–Crippen LogP) is 2.85. The second-order valence-corrected chi connectivity index (χ2v) is 5.31. The fraction of sp³-hybridized carbons (Fsp3) is 0.571.